The molecule has 0 atom stereocenters. The zero-order valence-corrected chi connectivity index (χ0v) is 14.3. The van der Waals surface area contributed by atoms with Gasteiger partial charge in [-0.1, -0.05) is 11.8 Å². The monoisotopic (exact) mass is 320 g/mol. The first-order valence-corrected chi connectivity index (χ1v) is 7.81. The highest BCUT2D eigenvalue weighted by Crippen LogP contribution is 2.25. The molecule has 0 unspecified atom stereocenters. The van der Waals surface area contributed by atoms with Crippen molar-refractivity contribution in [2.45, 2.75) is 20.8 Å². The zero-order valence-electron chi connectivity index (χ0n) is 14.3. The van der Waals surface area contributed by atoms with E-state index in [9.17, 15) is 0 Å². The van der Waals surface area contributed by atoms with Crippen molar-refractivity contribution >= 4 is 22.4 Å². The number of nitrogens with one attached hydrogen (secondary N) is 1. The lowest BCUT2D eigenvalue weighted by Gasteiger charge is -2.08. The van der Waals surface area contributed by atoms with Gasteiger partial charge in [-0.05, 0) is 26.8 Å². The summed E-state index contributed by atoms with van der Waals surface area (Å²) in [6.07, 6.45) is 3.51. The molecule has 0 saturated heterocycles. The molecule has 0 bridgehead atoms. The van der Waals surface area contributed by atoms with Gasteiger partial charge in [0.2, 0.25) is 0 Å². The Morgan fingerprint density at radius 1 is 1.17 bits per heavy atom. The van der Waals surface area contributed by atoms with Gasteiger partial charge in [0.25, 0.3) is 0 Å². The molecule has 3 N–H and O–H groups in total. The first-order valence-electron chi connectivity index (χ1n) is 7.81. The van der Waals surface area contributed by atoms with E-state index in [4.69, 9.17) is 5.73 Å². The second-order valence-corrected chi connectivity index (χ2v) is 5.62. The Labute approximate surface area is 141 Å². The molecule has 3 heterocycles. The lowest BCUT2D eigenvalue weighted by Crippen LogP contribution is -2.02. The van der Waals surface area contributed by atoms with Crippen molar-refractivity contribution in [3.8, 4) is 11.8 Å². The molecule has 0 radical (unpaired) electrons. The molecule has 0 aliphatic carbocycles. The molecular weight excluding hydrogens is 300 g/mol. The predicted molar refractivity (Wildman–Crippen MR) is 96.8 cm³/mol. The maximum Gasteiger partial charge on any atom is 0.135 e. The Kier molecular flexibility index (Phi) is 4.09. The zero-order chi connectivity index (χ0) is 17.3. The minimum absolute atomic E-state index is 0.466. The number of nitrogens with two attached hydrogens (primary N) is 1. The van der Waals surface area contributed by atoms with Gasteiger partial charge in [-0.25, -0.2) is 9.97 Å². The van der Waals surface area contributed by atoms with E-state index in [0.29, 0.717) is 5.82 Å². The highest BCUT2D eigenvalue weighted by molar-refractivity contribution is 5.96. The molecule has 3 rings (SSSR count). The maximum atomic E-state index is 5.86. The highest BCUT2D eigenvalue weighted by Gasteiger charge is 2.09. The molecule has 6 heteroatoms. The van der Waals surface area contributed by atoms with E-state index in [1.54, 1.807) is 12.4 Å². The van der Waals surface area contributed by atoms with Crippen LogP contribution in [0, 0.1) is 25.7 Å². The molecule has 122 valence electrons. The van der Waals surface area contributed by atoms with Gasteiger partial charge in [0, 0.05) is 36.8 Å². The van der Waals surface area contributed by atoms with Gasteiger partial charge in [-0.15, -0.1) is 0 Å². The van der Waals surface area contributed by atoms with Crippen molar-refractivity contribution in [1.82, 2.24) is 19.7 Å². The van der Waals surface area contributed by atoms with Crippen molar-refractivity contribution in [1.29, 1.82) is 0 Å². The summed E-state index contributed by atoms with van der Waals surface area (Å²) in [6.45, 7) is 6.78. The SMILES string of the molecule is CCNc1ncc(C#Cc2c(C)nn(C)c2C)c2cc(N)ncc12. The molecule has 3 aromatic heterocycles. The fraction of sp³-hybridized carbons (Fsp3) is 0.278. The number of nitrogen functional groups attached to an aromatic ring is 1. The van der Waals surface area contributed by atoms with E-state index < -0.39 is 0 Å². The average Bonchev–Trinajstić information content (AvgIpc) is 2.79. The lowest BCUT2D eigenvalue weighted by atomic mass is 10.1. The van der Waals surface area contributed by atoms with E-state index in [-0.39, 0.29) is 0 Å². The van der Waals surface area contributed by atoms with Crippen LogP contribution in [0.25, 0.3) is 10.8 Å². The quantitative estimate of drug-likeness (QED) is 0.709. The Morgan fingerprint density at radius 3 is 2.62 bits per heavy atom. The van der Waals surface area contributed by atoms with Gasteiger partial charge >= 0.3 is 0 Å². The Bertz CT molecular complexity index is 975. The Morgan fingerprint density at radius 2 is 1.96 bits per heavy atom. The van der Waals surface area contributed by atoms with Crippen molar-refractivity contribution in [2.75, 3.05) is 17.6 Å². The number of fused-ring (bicyclic) bond motifs is 1. The molecule has 0 aromatic carbocycles. The van der Waals surface area contributed by atoms with E-state index >= 15 is 0 Å². The van der Waals surface area contributed by atoms with E-state index in [0.717, 1.165) is 45.6 Å². The number of rotatable bonds is 2. The van der Waals surface area contributed by atoms with Crippen LogP contribution in [0.4, 0.5) is 11.6 Å². The molecule has 24 heavy (non-hydrogen) atoms. The van der Waals surface area contributed by atoms with E-state index in [1.807, 2.05) is 38.6 Å². The van der Waals surface area contributed by atoms with Crippen molar-refractivity contribution < 1.29 is 0 Å². The van der Waals surface area contributed by atoms with Gasteiger partial charge in [-0.2, -0.15) is 5.10 Å². The molecule has 0 saturated carbocycles. The fourth-order valence-electron chi connectivity index (χ4n) is 2.64. The van der Waals surface area contributed by atoms with Crippen LogP contribution in [0.15, 0.2) is 18.5 Å². The lowest BCUT2D eigenvalue weighted by molar-refractivity contribution is 0.731. The summed E-state index contributed by atoms with van der Waals surface area (Å²) in [5.41, 5.74) is 9.60. The average molecular weight is 320 g/mol. The molecule has 0 aliphatic rings. The first-order chi connectivity index (χ1) is 11.5. The molecule has 0 aliphatic heterocycles. The van der Waals surface area contributed by atoms with E-state index in [2.05, 4.69) is 32.2 Å². The number of aryl methyl sites for hydroxylation is 2. The molecule has 3 aromatic rings. The fourth-order valence-corrected chi connectivity index (χ4v) is 2.64. The van der Waals surface area contributed by atoms with Crippen LogP contribution in [0.3, 0.4) is 0 Å². The summed E-state index contributed by atoms with van der Waals surface area (Å²) in [4.78, 5) is 8.65. The van der Waals surface area contributed by atoms with Crippen LogP contribution in [-0.4, -0.2) is 26.3 Å². The van der Waals surface area contributed by atoms with Crippen LogP contribution in [0.2, 0.25) is 0 Å². The maximum absolute atomic E-state index is 5.86. The number of nitrogens with zero attached hydrogens (tertiary/aromatic N) is 4. The Hall–Kier alpha value is -3.07. The topological polar surface area (TPSA) is 81.7 Å². The molecule has 0 fully saturated rings. The molecule has 6 nitrogen and oxygen atoms in total. The number of hydrogen-bond donors (Lipinski definition) is 2. The summed E-state index contributed by atoms with van der Waals surface area (Å²) >= 11 is 0. The van der Waals surface area contributed by atoms with Gasteiger partial charge in [0.05, 0.1) is 22.5 Å². The smallest absolute Gasteiger partial charge is 0.135 e. The largest absolute Gasteiger partial charge is 0.384 e. The van der Waals surface area contributed by atoms with Crippen LogP contribution in [-0.2, 0) is 7.05 Å². The number of aromatic nitrogens is 4. The number of pyridine rings is 2. The first kappa shape index (κ1) is 15.8. The summed E-state index contributed by atoms with van der Waals surface area (Å²) in [6, 6.07) is 1.84. The molecule has 0 spiro atoms. The van der Waals surface area contributed by atoms with Crippen molar-refractivity contribution in [3.63, 3.8) is 0 Å². The second kappa shape index (κ2) is 6.20. The van der Waals surface area contributed by atoms with Gasteiger partial charge in [-0.3, -0.25) is 4.68 Å². The summed E-state index contributed by atoms with van der Waals surface area (Å²) in [7, 11) is 1.92. The third-order valence-corrected chi connectivity index (χ3v) is 3.97. The second-order valence-electron chi connectivity index (χ2n) is 5.62. The summed E-state index contributed by atoms with van der Waals surface area (Å²) < 4.78 is 1.84. The van der Waals surface area contributed by atoms with Crippen LogP contribution in [0.1, 0.15) is 29.4 Å². The molecular formula is C18H20N6. The van der Waals surface area contributed by atoms with Crippen molar-refractivity contribution in [3.05, 3.63) is 41.0 Å². The third kappa shape index (κ3) is 2.76. The summed E-state index contributed by atoms with van der Waals surface area (Å²) in [5.74, 6) is 7.70. The standard InChI is InChI=1S/C18H20N6/c1-5-20-18-16-10-21-17(19)8-15(16)13(9-22-18)6-7-14-11(2)23-24(4)12(14)3/h8-10H,5H2,1-4H3,(H2,19,21)(H,20,22). The number of anilines is 2. The highest BCUT2D eigenvalue weighted by atomic mass is 15.3. The van der Waals surface area contributed by atoms with E-state index in [1.165, 1.54) is 0 Å². The van der Waals surface area contributed by atoms with Crippen LogP contribution < -0.4 is 11.1 Å². The predicted octanol–water partition coefficient (Wildman–Crippen LogP) is 2.39. The van der Waals surface area contributed by atoms with Gasteiger partial charge in [0.1, 0.15) is 11.6 Å². The van der Waals surface area contributed by atoms with Gasteiger partial charge < -0.3 is 11.1 Å². The third-order valence-electron chi connectivity index (χ3n) is 3.97. The van der Waals surface area contributed by atoms with Crippen LogP contribution in [0.5, 0.6) is 0 Å². The summed E-state index contributed by atoms with van der Waals surface area (Å²) in [5, 5.41) is 9.49. The Balaban J connectivity index is 2.16. The van der Waals surface area contributed by atoms with Crippen molar-refractivity contribution in [2.24, 2.45) is 7.05 Å². The normalized spacial score (nSPS) is 10.5. The minimum atomic E-state index is 0.466. The molecule has 0 amide bonds. The van der Waals surface area contributed by atoms with Gasteiger partial charge in [0.15, 0.2) is 0 Å². The van der Waals surface area contributed by atoms with Crippen LogP contribution >= 0.6 is 0 Å². The number of hydrogen-bond acceptors (Lipinski definition) is 5. The minimum Gasteiger partial charge on any atom is -0.384 e.